The number of likely N-dealkylation sites (tertiary alicyclic amines) is 1. The molecule has 0 bridgehead atoms. The minimum atomic E-state index is -4.61. The van der Waals surface area contributed by atoms with E-state index in [9.17, 15) is 22.8 Å². The molecular weight excluding hydrogens is 473 g/mol. The zero-order valence-electron chi connectivity index (χ0n) is 20.4. The lowest BCUT2D eigenvalue weighted by Gasteiger charge is -2.35. The van der Waals surface area contributed by atoms with Gasteiger partial charge in [-0.05, 0) is 82.4 Å². The first kappa shape index (κ1) is 25.9. The van der Waals surface area contributed by atoms with Gasteiger partial charge >= 0.3 is 6.18 Å². The first-order valence-corrected chi connectivity index (χ1v) is 12.1. The van der Waals surface area contributed by atoms with Gasteiger partial charge in [0.2, 0.25) is 11.9 Å². The van der Waals surface area contributed by atoms with Crippen molar-refractivity contribution in [2.45, 2.75) is 44.3 Å². The van der Waals surface area contributed by atoms with Gasteiger partial charge in [0.25, 0.3) is 5.91 Å². The van der Waals surface area contributed by atoms with Gasteiger partial charge in [-0.15, -0.1) is 0 Å². The van der Waals surface area contributed by atoms with Crippen molar-refractivity contribution in [3.8, 4) is 0 Å². The van der Waals surface area contributed by atoms with Crippen LogP contribution in [0.3, 0.4) is 0 Å². The molecular formula is C25H31F3N6O2. The Morgan fingerprint density at radius 3 is 2.36 bits per heavy atom. The van der Waals surface area contributed by atoms with E-state index < -0.39 is 23.6 Å². The molecule has 36 heavy (non-hydrogen) atoms. The minimum absolute atomic E-state index is 0.00359. The van der Waals surface area contributed by atoms with Gasteiger partial charge < -0.3 is 20.9 Å². The van der Waals surface area contributed by atoms with E-state index in [2.05, 4.69) is 27.2 Å². The van der Waals surface area contributed by atoms with E-state index in [0.717, 1.165) is 32.1 Å². The maximum Gasteiger partial charge on any atom is 0.419 e. The van der Waals surface area contributed by atoms with Crippen molar-refractivity contribution in [1.29, 1.82) is 0 Å². The number of nitrogens with one attached hydrogen (secondary N) is 1. The normalized spacial score (nSPS) is 21.0. The SMILES string of the molecule is CN1CCC(N(C)C(=O)c2ccc(Nc3ncc(C(F)(F)F)c(C[C@@H]4CC[C@@H]4C(N)=O)n3)cc2)CC1. The maximum atomic E-state index is 13.5. The molecule has 1 aromatic heterocycles. The van der Waals surface area contributed by atoms with Crippen LogP contribution in [-0.4, -0.2) is 64.8 Å². The molecule has 194 valence electrons. The van der Waals surface area contributed by atoms with E-state index in [1.165, 1.54) is 0 Å². The van der Waals surface area contributed by atoms with Gasteiger partial charge in [0.15, 0.2) is 0 Å². The zero-order chi connectivity index (χ0) is 26.0. The van der Waals surface area contributed by atoms with E-state index >= 15 is 0 Å². The van der Waals surface area contributed by atoms with Crippen LogP contribution in [-0.2, 0) is 17.4 Å². The molecule has 2 atom stereocenters. The van der Waals surface area contributed by atoms with Gasteiger partial charge in [-0.1, -0.05) is 0 Å². The number of aromatic nitrogens is 2. The van der Waals surface area contributed by atoms with E-state index in [4.69, 9.17) is 5.73 Å². The Bertz CT molecular complexity index is 1100. The number of nitrogens with two attached hydrogens (primary N) is 1. The Morgan fingerprint density at radius 1 is 1.14 bits per heavy atom. The zero-order valence-corrected chi connectivity index (χ0v) is 20.4. The lowest BCUT2D eigenvalue weighted by molar-refractivity contribution is -0.138. The fourth-order valence-corrected chi connectivity index (χ4v) is 4.88. The minimum Gasteiger partial charge on any atom is -0.369 e. The summed E-state index contributed by atoms with van der Waals surface area (Å²) in [6.07, 6.45) is -0.802. The van der Waals surface area contributed by atoms with Crippen LogP contribution in [0, 0.1) is 11.8 Å². The highest BCUT2D eigenvalue weighted by atomic mass is 19.4. The summed E-state index contributed by atoms with van der Waals surface area (Å²) in [6.45, 7) is 1.90. The number of nitrogens with zero attached hydrogens (tertiary/aromatic N) is 4. The number of anilines is 2. The number of halogens is 3. The maximum absolute atomic E-state index is 13.5. The number of primary amides is 1. The van der Waals surface area contributed by atoms with E-state index in [0.29, 0.717) is 24.1 Å². The van der Waals surface area contributed by atoms with Crippen molar-refractivity contribution >= 4 is 23.5 Å². The number of piperidine rings is 1. The van der Waals surface area contributed by atoms with E-state index in [1.54, 1.807) is 29.2 Å². The molecule has 11 heteroatoms. The highest BCUT2D eigenvalue weighted by Gasteiger charge is 2.40. The topological polar surface area (TPSA) is 104 Å². The molecule has 1 aromatic carbocycles. The van der Waals surface area contributed by atoms with Crippen molar-refractivity contribution < 1.29 is 22.8 Å². The van der Waals surface area contributed by atoms with Crippen LogP contribution in [0.2, 0.25) is 0 Å². The molecule has 2 amide bonds. The number of rotatable bonds is 7. The smallest absolute Gasteiger partial charge is 0.369 e. The molecule has 2 fully saturated rings. The molecule has 8 nitrogen and oxygen atoms in total. The standard InChI is InChI=1S/C25H31F3N6O2/c1-33-11-9-18(10-12-33)34(2)23(36)15-3-6-17(7-4-15)31-24-30-14-20(25(26,27)28)21(32-24)13-16-5-8-19(16)22(29)35/h3-4,6-7,14,16,18-19H,5,8-13H2,1-2H3,(H2,29,35)(H,30,31,32)/t16-,19-/m0/s1. The molecule has 2 aliphatic rings. The molecule has 3 N–H and O–H groups in total. The van der Waals surface area contributed by atoms with Crippen molar-refractivity contribution in [3.63, 3.8) is 0 Å². The van der Waals surface area contributed by atoms with Gasteiger partial charge in [0, 0.05) is 36.5 Å². The first-order chi connectivity index (χ1) is 17.0. The Balaban J connectivity index is 1.46. The number of carbonyl (C=O) groups is 2. The second kappa shape index (κ2) is 10.4. The predicted octanol–water partition coefficient (Wildman–Crippen LogP) is 3.46. The van der Waals surface area contributed by atoms with E-state index in [-0.39, 0.29) is 35.9 Å². The Kier molecular flexibility index (Phi) is 7.49. The van der Waals surface area contributed by atoms with Crippen LogP contribution in [0.25, 0.3) is 0 Å². The van der Waals surface area contributed by atoms with Crippen molar-refractivity contribution in [3.05, 3.63) is 47.3 Å². The Morgan fingerprint density at radius 2 is 1.81 bits per heavy atom. The predicted molar refractivity (Wildman–Crippen MR) is 128 cm³/mol. The molecule has 0 spiro atoms. The highest BCUT2D eigenvalue weighted by Crippen LogP contribution is 2.39. The molecule has 0 radical (unpaired) electrons. The fraction of sp³-hybridized carbons (Fsp3) is 0.520. The highest BCUT2D eigenvalue weighted by molar-refractivity contribution is 5.94. The average Bonchev–Trinajstić information content (AvgIpc) is 2.81. The summed E-state index contributed by atoms with van der Waals surface area (Å²) < 4.78 is 40.6. The number of hydrogen-bond donors (Lipinski definition) is 2. The molecule has 1 aliphatic heterocycles. The largest absolute Gasteiger partial charge is 0.419 e. The summed E-state index contributed by atoms with van der Waals surface area (Å²) in [6, 6.07) is 6.88. The molecule has 4 rings (SSSR count). The quantitative estimate of drug-likeness (QED) is 0.599. The van der Waals surface area contributed by atoms with Crippen molar-refractivity contribution in [1.82, 2.24) is 19.8 Å². The van der Waals surface area contributed by atoms with Crippen LogP contribution in [0.1, 0.15) is 47.3 Å². The summed E-state index contributed by atoms with van der Waals surface area (Å²) in [5, 5.41) is 2.92. The molecule has 2 heterocycles. The number of hydrogen-bond acceptors (Lipinski definition) is 6. The van der Waals surface area contributed by atoms with Crippen molar-refractivity contribution in [2.75, 3.05) is 32.5 Å². The van der Waals surface area contributed by atoms with Gasteiger partial charge in [-0.2, -0.15) is 13.2 Å². The summed E-state index contributed by atoms with van der Waals surface area (Å²) in [4.78, 5) is 36.4. The first-order valence-electron chi connectivity index (χ1n) is 12.1. The second-order valence-electron chi connectivity index (χ2n) is 9.76. The lowest BCUT2D eigenvalue weighted by Crippen LogP contribution is -2.44. The monoisotopic (exact) mass is 504 g/mol. The van der Waals surface area contributed by atoms with Crippen LogP contribution in [0.15, 0.2) is 30.5 Å². The van der Waals surface area contributed by atoms with Gasteiger partial charge in [0.05, 0.1) is 11.3 Å². The Labute approximate surface area is 208 Å². The molecule has 1 aliphatic carbocycles. The van der Waals surface area contributed by atoms with Crippen LogP contribution >= 0.6 is 0 Å². The number of carbonyl (C=O) groups excluding carboxylic acids is 2. The summed E-state index contributed by atoms with van der Waals surface area (Å²) >= 11 is 0. The summed E-state index contributed by atoms with van der Waals surface area (Å²) in [5.41, 5.74) is 5.35. The number of benzene rings is 1. The third-order valence-electron chi connectivity index (χ3n) is 7.36. The summed E-state index contributed by atoms with van der Waals surface area (Å²) in [7, 11) is 3.88. The average molecular weight is 505 g/mol. The second-order valence-corrected chi connectivity index (χ2v) is 9.76. The molecule has 2 aromatic rings. The van der Waals surface area contributed by atoms with Crippen LogP contribution in [0.4, 0.5) is 24.8 Å². The number of alkyl halides is 3. The van der Waals surface area contributed by atoms with Gasteiger partial charge in [-0.25, -0.2) is 9.97 Å². The van der Waals surface area contributed by atoms with Crippen molar-refractivity contribution in [2.24, 2.45) is 17.6 Å². The Hall–Kier alpha value is -3.21. The molecule has 0 unspecified atom stereocenters. The third-order valence-corrected chi connectivity index (χ3v) is 7.36. The lowest BCUT2D eigenvalue weighted by atomic mass is 9.70. The van der Waals surface area contributed by atoms with E-state index in [1.807, 2.05) is 7.05 Å². The van der Waals surface area contributed by atoms with Gasteiger partial charge in [-0.3, -0.25) is 9.59 Å². The molecule has 1 saturated carbocycles. The molecule has 1 saturated heterocycles. The van der Waals surface area contributed by atoms with Gasteiger partial charge in [0.1, 0.15) is 0 Å². The fourth-order valence-electron chi connectivity index (χ4n) is 4.88. The van der Waals surface area contributed by atoms with Crippen LogP contribution in [0.5, 0.6) is 0 Å². The number of amides is 2. The van der Waals surface area contributed by atoms with Crippen LogP contribution < -0.4 is 11.1 Å². The summed E-state index contributed by atoms with van der Waals surface area (Å²) in [5.74, 6) is -1.26. The third kappa shape index (κ3) is 5.77.